The summed E-state index contributed by atoms with van der Waals surface area (Å²) >= 11 is 0. The van der Waals surface area contributed by atoms with E-state index >= 15 is 0 Å². The summed E-state index contributed by atoms with van der Waals surface area (Å²) in [4.78, 5) is 2.51. The standard InChI is InChI=1S/C20H26N2O4/c23-14-4-3-12-9-15-20(24)6-5-13(21-25)18-19(20,16(12)17(14)26-18)7-8-22(15)10-11-1-2-11/h3-4,11,13,15,18,21,23-25H,1-2,5-10H2/t13?,15-,18?,19+,20-/m1/s1. The Bertz CT molecular complexity index is 781. The van der Waals surface area contributed by atoms with E-state index in [-0.39, 0.29) is 23.9 Å². The number of hydrogen-bond acceptors (Lipinski definition) is 6. The van der Waals surface area contributed by atoms with Crippen molar-refractivity contribution in [1.82, 2.24) is 10.4 Å². The number of nitrogens with one attached hydrogen (secondary N) is 1. The van der Waals surface area contributed by atoms with Crippen LogP contribution in [0.15, 0.2) is 12.1 Å². The highest BCUT2D eigenvalue weighted by atomic mass is 16.5. The van der Waals surface area contributed by atoms with Crippen LogP contribution in [0.5, 0.6) is 11.5 Å². The predicted octanol–water partition coefficient (Wildman–Crippen LogP) is 1.30. The zero-order chi connectivity index (χ0) is 17.7. The predicted molar refractivity (Wildman–Crippen MR) is 93.5 cm³/mol. The molecule has 1 aromatic carbocycles. The number of phenols is 1. The van der Waals surface area contributed by atoms with E-state index in [4.69, 9.17) is 4.74 Å². The molecule has 4 N–H and O–H groups in total. The number of rotatable bonds is 3. The molecule has 3 fully saturated rings. The number of benzene rings is 1. The molecular weight excluding hydrogens is 332 g/mol. The molecule has 1 aromatic rings. The van der Waals surface area contributed by atoms with E-state index in [9.17, 15) is 15.4 Å². The van der Waals surface area contributed by atoms with Gasteiger partial charge in [-0.3, -0.25) is 4.90 Å². The molecule has 6 heteroatoms. The summed E-state index contributed by atoms with van der Waals surface area (Å²) in [5, 5.41) is 32.3. The summed E-state index contributed by atoms with van der Waals surface area (Å²) in [5.41, 5.74) is 3.21. The molecule has 2 saturated carbocycles. The second kappa shape index (κ2) is 4.93. The minimum atomic E-state index is -0.871. The molecule has 0 amide bonds. The van der Waals surface area contributed by atoms with Crippen LogP contribution in [0.25, 0.3) is 0 Å². The molecule has 0 radical (unpaired) electrons. The third kappa shape index (κ3) is 1.68. The first kappa shape index (κ1) is 15.7. The third-order valence-corrected chi connectivity index (χ3v) is 7.93. The van der Waals surface area contributed by atoms with Crippen molar-refractivity contribution in [3.63, 3.8) is 0 Å². The molecule has 5 aliphatic rings. The van der Waals surface area contributed by atoms with Gasteiger partial charge in [-0.1, -0.05) is 6.07 Å². The summed E-state index contributed by atoms with van der Waals surface area (Å²) in [7, 11) is 0. The zero-order valence-electron chi connectivity index (χ0n) is 14.8. The minimum absolute atomic E-state index is 0.0885. The molecule has 5 atom stereocenters. The molecule has 1 spiro atoms. The average molecular weight is 358 g/mol. The molecule has 3 aliphatic carbocycles. The first-order chi connectivity index (χ1) is 12.6. The SMILES string of the molecule is ONC1CC[C@@]2(O)[C@H]3Cc4ccc(O)c5c4[C@@]2(CCN3CC2CC2)C1O5. The average Bonchev–Trinajstić information content (AvgIpc) is 3.37. The van der Waals surface area contributed by atoms with Gasteiger partial charge in [0.1, 0.15) is 6.10 Å². The topological polar surface area (TPSA) is 85.2 Å². The number of piperidine rings is 1. The van der Waals surface area contributed by atoms with Gasteiger partial charge < -0.3 is 20.2 Å². The number of aliphatic hydroxyl groups is 1. The molecule has 2 unspecified atom stereocenters. The second-order valence-corrected chi connectivity index (χ2v) is 9.06. The van der Waals surface area contributed by atoms with Crippen LogP contribution in [0.3, 0.4) is 0 Å². The molecule has 140 valence electrons. The van der Waals surface area contributed by atoms with Crippen LogP contribution in [-0.4, -0.2) is 57.2 Å². The Morgan fingerprint density at radius 1 is 1.23 bits per heavy atom. The number of ether oxygens (including phenoxy) is 1. The smallest absolute Gasteiger partial charge is 0.165 e. The summed E-state index contributed by atoms with van der Waals surface area (Å²) in [6.07, 6.45) is 5.19. The van der Waals surface area contributed by atoms with Gasteiger partial charge in [-0.15, -0.1) is 0 Å². The first-order valence-corrected chi connectivity index (χ1v) is 9.96. The van der Waals surface area contributed by atoms with Crippen molar-refractivity contribution >= 4 is 0 Å². The third-order valence-electron chi connectivity index (χ3n) is 7.93. The number of likely N-dealkylation sites (tertiary alicyclic amines) is 1. The molecule has 1 saturated heterocycles. The van der Waals surface area contributed by atoms with Crippen LogP contribution >= 0.6 is 0 Å². The van der Waals surface area contributed by atoms with E-state index in [1.165, 1.54) is 18.4 Å². The van der Waals surface area contributed by atoms with Gasteiger partial charge in [-0.05, 0) is 62.6 Å². The van der Waals surface area contributed by atoms with Gasteiger partial charge in [0.2, 0.25) is 0 Å². The van der Waals surface area contributed by atoms with Gasteiger partial charge in [0.15, 0.2) is 11.5 Å². The van der Waals surface area contributed by atoms with Crippen molar-refractivity contribution in [1.29, 1.82) is 0 Å². The molecule has 6 rings (SSSR count). The van der Waals surface area contributed by atoms with Crippen molar-refractivity contribution in [3.8, 4) is 11.5 Å². The summed E-state index contributed by atoms with van der Waals surface area (Å²) in [5.74, 6) is 1.46. The Morgan fingerprint density at radius 3 is 2.85 bits per heavy atom. The fourth-order valence-electron chi connectivity index (χ4n) is 6.61. The molecular formula is C20H26N2O4. The maximum absolute atomic E-state index is 12.1. The van der Waals surface area contributed by atoms with Gasteiger partial charge in [0, 0.05) is 18.2 Å². The maximum atomic E-state index is 12.1. The summed E-state index contributed by atoms with van der Waals surface area (Å²) in [6, 6.07) is 3.58. The van der Waals surface area contributed by atoms with Gasteiger partial charge in [0.05, 0.1) is 17.1 Å². The number of nitrogens with zero attached hydrogens (tertiary/aromatic N) is 1. The Labute approximate surface area is 152 Å². The van der Waals surface area contributed by atoms with Crippen LogP contribution in [0.2, 0.25) is 0 Å². The van der Waals surface area contributed by atoms with Gasteiger partial charge in [-0.2, -0.15) is 5.48 Å². The quantitative estimate of drug-likeness (QED) is 0.610. The second-order valence-electron chi connectivity index (χ2n) is 9.06. The zero-order valence-corrected chi connectivity index (χ0v) is 14.8. The van der Waals surface area contributed by atoms with Crippen LogP contribution in [-0.2, 0) is 11.8 Å². The van der Waals surface area contributed by atoms with E-state index in [0.29, 0.717) is 18.6 Å². The molecule has 2 heterocycles. The van der Waals surface area contributed by atoms with Crippen LogP contribution in [0.1, 0.15) is 43.2 Å². The fraction of sp³-hybridized carbons (Fsp3) is 0.700. The summed E-state index contributed by atoms with van der Waals surface area (Å²) < 4.78 is 6.26. The van der Waals surface area contributed by atoms with Crippen molar-refractivity contribution < 1.29 is 20.2 Å². The Morgan fingerprint density at radius 2 is 2.08 bits per heavy atom. The van der Waals surface area contributed by atoms with Crippen LogP contribution in [0.4, 0.5) is 0 Å². The lowest BCUT2D eigenvalue weighted by atomic mass is 9.48. The fourth-order valence-corrected chi connectivity index (χ4v) is 6.61. The number of hydroxylamine groups is 1. The lowest BCUT2D eigenvalue weighted by Gasteiger charge is -2.64. The van der Waals surface area contributed by atoms with E-state index < -0.39 is 11.0 Å². The highest BCUT2D eigenvalue weighted by molar-refractivity contribution is 5.62. The number of aromatic hydroxyl groups is 1. The van der Waals surface area contributed by atoms with Gasteiger partial charge in [-0.25, -0.2) is 0 Å². The van der Waals surface area contributed by atoms with Gasteiger partial charge >= 0.3 is 0 Å². The number of phenolic OH excluding ortho intramolecular Hbond substituents is 1. The molecule has 26 heavy (non-hydrogen) atoms. The lowest BCUT2D eigenvalue weighted by molar-refractivity contribution is -0.197. The maximum Gasteiger partial charge on any atom is 0.165 e. The normalized spacial score (nSPS) is 43.1. The molecule has 0 aromatic heterocycles. The van der Waals surface area contributed by atoms with E-state index in [2.05, 4.69) is 10.4 Å². The Kier molecular flexibility index (Phi) is 2.97. The van der Waals surface area contributed by atoms with Crippen molar-refractivity contribution in [3.05, 3.63) is 23.3 Å². The monoisotopic (exact) mass is 358 g/mol. The first-order valence-electron chi connectivity index (χ1n) is 9.96. The van der Waals surface area contributed by atoms with Crippen molar-refractivity contribution in [2.75, 3.05) is 13.1 Å². The highest BCUT2D eigenvalue weighted by Gasteiger charge is 2.73. The molecule has 2 bridgehead atoms. The number of hydrogen-bond donors (Lipinski definition) is 4. The van der Waals surface area contributed by atoms with Crippen LogP contribution in [0, 0.1) is 5.92 Å². The van der Waals surface area contributed by atoms with E-state index in [1.807, 2.05) is 6.07 Å². The van der Waals surface area contributed by atoms with Crippen LogP contribution < -0.4 is 10.2 Å². The van der Waals surface area contributed by atoms with Crippen molar-refractivity contribution in [2.45, 2.75) is 67.7 Å². The largest absolute Gasteiger partial charge is 0.504 e. The minimum Gasteiger partial charge on any atom is -0.504 e. The molecule has 6 nitrogen and oxygen atoms in total. The van der Waals surface area contributed by atoms with Gasteiger partial charge in [0.25, 0.3) is 0 Å². The lowest BCUT2D eigenvalue weighted by Crippen LogP contribution is -2.78. The van der Waals surface area contributed by atoms with E-state index in [1.54, 1.807) is 6.07 Å². The van der Waals surface area contributed by atoms with E-state index in [0.717, 1.165) is 37.4 Å². The van der Waals surface area contributed by atoms with Crippen molar-refractivity contribution in [2.24, 2.45) is 5.92 Å². The Hall–Kier alpha value is -1.34. The Balaban J connectivity index is 1.55. The summed E-state index contributed by atoms with van der Waals surface area (Å²) in [6.45, 7) is 2.02. The molecule has 2 aliphatic heterocycles. The highest BCUT2D eigenvalue weighted by Crippen LogP contribution is 2.65.